The lowest BCUT2D eigenvalue weighted by molar-refractivity contribution is 1.15. The fourth-order valence-corrected chi connectivity index (χ4v) is 7.36. The number of benzene rings is 4. The first kappa shape index (κ1) is 31.4. The molecular formula is C40H30N8S2. The summed E-state index contributed by atoms with van der Waals surface area (Å²) in [5, 5.41) is 8.98. The second kappa shape index (κ2) is 13.9. The molecule has 0 amide bonds. The second-order valence-electron chi connectivity index (χ2n) is 11.6. The summed E-state index contributed by atoms with van der Waals surface area (Å²) in [4.78, 5) is 31.7. The molecule has 0 unspecified atom stereocenters. The van der Waals surface area contributed by atoms with Crippen molar-refractivity contribution in [3.8, 4) is 11.1 Å². The van der Waals surface area contributed by atoms with Crippen LogP contribution in [0.3, 0.4) is 0 Å². The van der Waals surface area contributed by atoms with E-state index in [1.54, 1.807) is 36.2 Å². The Kier molecular flexibility index (Phi) is 8.77. The van der Waals surface area contributed by atoms with E-state index in [4.69, 9.17) is 0 Å². The van der Waals surface area contributed by atoms with E-state index in [0.29, 0.717) is 22.9 Å². The van der Waals surface area contributed by atoms with Crippen molar-refractivity contribution >= 4 is 68.6 Å². The number of nitrogens with zero attached hydrogens (tertiary/aromatic N) is 6. The highest BCUT2D eigenvalue weighted by Gasteiger charge is 2.15. The molecule has 0 aliphatic rings. The van der Waals surface area contributed by atoms with Crippen LogP contribution in [0.1, 0.15) is 11.4 Å². The van der Waals surface area contributed by atoms with Crippen molar-refractivity contribution in [3.63, 3.8) is 0 Å². The van der Waals surface area contributed by atoms with Gasteiger partial charge >= 0.3 is 0 Å². The normalized spacial score (nSPS) is 11.2. The Balaban J connectivity index is 1.22. The van der Waals surface area contributed by atoms with E-state index in [1.165, 1.54) is 0 Å². The van der Waals surface area contributed by atoms with E-state index in [1.807, 2.05) is 50.2 Å². The SMILES string of the molecule is Cc1ccc2c(Nc3cc(-c4ccc(Sc5ccccc5)c(Nc5ncnc6nc(C)ccc56)c4)ccc3Sc3ccccc3)ncnc2n1. The fraction of sp³-hybridized carbons (Fsp3) is 0.0500. The van der Waals surface area contributed by atoms with Crippen molar-refractivity contribution in [1.29, 1.82) is 0 Å². The van der Waals surface area contributed by atoms with Crippen molar-refractivity contribution < 1.29 is 0 Å². The second-order valence-corrected chi connectivity index (χ2v) is 13.8. The van der Waals surface area contributed by atoms with Gasteiger partial charge in [-0.1, -0.05) is 72.1 Å². The van der Waals surface area contributed by atoms with Crippen molar-refractivity contribution in [3.05, 3.63) is 145 Å². The summed E-state index contributed by atoms with van der Waals surface area (Å²) < 4.78 is 0. The van der Waals surface area contributed by atoms with E-state index in [9.17, 15) is 0 Å². The smallest absolute Gasteiger partial charge is 0.164 e. The minimum Gasteiger partial charge on any atom is -0.339 e. The van der Waals surface area contributed by atoms with Crippen LogP contribution in [0.5, 0.6) is 0 Å². The first-order valence-corrected chi connectivity index (χ1v) is 17.6. The Morgan fingerprint density at radius 3 is 1.34 bits per heavy atom. The van der Waals surface area contributed by atoms with Gasteiger partial charge in [0.25, 0.3) is 0 Å². The van der Waals surface area contributed by atoms with Gasteiger partial charge in [0.1, 0.15) is 24.3 Å². The summed E-state index contributed by atoms with van der Waals surface area (Å²) in [6, 6.07) is 41.7. The molecule has 0 atom stereocenters. The minimum absolute atomic E-state index is 0.653. The van der Waals surface area contributed by atoms with Crippen molar-refractivity contribution in [1.82, 2.24) is 29.9 Å². The average molecular weight is 687 g/mol. The first-order valence-electron chi connectivity index (χ1n) is 16.0. The maximum absolute atomic E-state index is 4.62. The molecule has 4 aromatic carbocycles. The van der Waals surface area contributed by atoms with Crippen LogP contribution in [0.2, 0.25) is 0 Å². The van der Waals surface area contributed by atoms with Gasteiger partial charge in [0.05, 0.1) is 22.1 Å². The van der Waals surface area contributed by atoms with Gasteiger partial charge in [-0.25, -0.2) is 29.9 Å². The Bertz CT molecular complexity index is 2300. The standard InChI is InChI=1S/C40H30N8S2/c1-25-13-17-31-37(45-25)41-23-43-39(31)47-33-21-27(15-19-35(33)49-29-9-5-3-6-10-29)28-16-20-36(50-30-11-7-4-8-12-30)34(22-28)48-40-32-18-14-26(2)46-38(32)42-24-44-40/h3-24H,1-2H3,(H,41,43,45,47)(H,42,44,46,48). The Labute approximate surface area is 297 Å². The van der Waals surface area contributed by atoms with Gasteiger partial charge in [0.15, 0.2) is 11.3 Å². The topological polar surface area (TPSA) is 101 Å². The van der Waals surface area contributed by atoms with Gasteiger partial charge in [-0.05, 0) is 97.8 Å². The molecule has 0 saturated heterocycles. The third kappa shape index (κ3) is 6.84. The van der Waals surface area contributed by atoms with Gasteiger partial charge < -0.3 is 10.6 Å². The molecule has 0 aliphatic heterocycles. The van der Waals surface area contributed by atoms with Crippen molar-refractivity contribution in [2.24, 2.45) is 0 Å². The number of rotatable bonds is 9. The van der Waals surface area contributed by atoms with Gasteiger partial charge in [-0.15, -0.1) is 0 Å². The number of fused-ring (bicyclic) bond motifs is 2. The summed E-state index contributed by atoms with van der Waals surface area (Å²) in [5.41, 5.74) is 7.06. The highest BCUT2D eigenvalue weighted by Crippen LogP contribution is 2.41. The largest absolute Gasteiger partial charge is 0.339 e. The van der Waals surface area contributed by atoms with Gasteiger partial charge in [-0.3, -0.25) is 0 Å². The van der Waals surface area contributed by atoms with E-state index < -0.39 is 0 Å². The number of nitrogens with one attached hydrogen (secondary N) is 2. The Morgan fingerprint density at radius 2 is 0.900 bits per heavy atom. The number of hydrogen-bond donors (Lipinski definition) is 2. The number of pyridine rings is 2. The van der Waals surface area contributed by atoms with E-state index in [0.717, 1.165) is 64.2 Å². The molecule has 0 fully saturated rings. The summed E-state index contributed by atoms with van der Waals surface area (Å²) in [6.07, 6.45) is 3.11. The molecule has 0 saturated carbocycles. The van der Waals surface area contributed by atoms with Crippen LogP contribution in [-0.2, 0) is 0 Å². The quantitative estimate of drug-likeness (QED) is 0.152. The third-order valence-electron chi connectivity index (χ3n) is 8.01. The number of hydrogen-bond acceptors (Lipinski definition) is 10. The van der Waals surface area contributed by atoms with E-state index in [-0.39, 0.29) is 0 Å². The van der Waals surface area contributed by atoms with E-state index >= 15 is 0 Å². The molecule has 4 heterocycles. The van der Waals surface area contributed by atoms with Crippen LogP contribution in [0.25, 0.3) is 33.2 Å². The monoisotopic (exact) mass is 686 g/mol. The lowest BCUT2D eigenvalue weighted by Crippen LogP contribution is -2.00. The summed E-state index contributed by atoms with van der Waals surface area (Å²) in [7, 11) is 0. The zero-order valence-electron chi connectivity index (χ0n) is 27.2. The summed E-state index contributed by atoms with van der Waals surface area (Å²) in [6.45, 7) is 3.93. The summed E-state index contributed by atoms with van der Waals surface area (Å²) in [5.74, 6) is 1.40. The number of aryl methyl sites for hydroxylation is 2. The molecule has 0 aliphatic carbocycles. The third-order valence-corrected chi connectivity index (χ3v) is 10.2. The van der Waals surface area contributed by atoms with Crippen molar-refractivity contribution in [2.75, 3.05) is 10.6 Å². The van der Waals surface area contributed by atoms with Gasteiger partial charge in [0, 0.05) is 31.0 Å². The molecule has 0 radical (unpaired) electrons. The van der Waals surface area contributed by atoms with Crippen LogP contribution in [0.15, 0.2) is 154 Å². The fourth-order valence-electron chi connectivity index (χ4n) is 5.55. The highest BCUT2D eigenvalue weighted by molar-refractivity contribution is 7.99. The highest BCUT2D eigenvalue weighted by atomic mass is 32.2. The molecule has 8 aromatic rings. The number of anilines is 4. The van der Waals surface area contributed by atoms with Crippen LogP contribution in [0.4, 0.5) is 23.0 Å². The molecule has 4 aromatic heterocycles. The zero-order chi connectivity index (χ0) is 33.9. The molecular weight excluding hydrogens is 657 g/mol. The minimum atomic E-state index is 0.653. The molecule has 0 spiro atoms. The molecule has 8 nitrogen and oxygen atoms in total. The maximum atomic E-state index is 4.62. The van der Waals surface area contributed by atoms with Crippen molar-refractivity contribution in [2.45, 2.75) is 33.4 Å². The van der Waals surface area contributed by atoms with E-state index in [2.05, 4.69) is 125 Å². The van der Waals surface area contributed by atoms with Gasteiger partial charge in [0.2, 0.25) is 0 Å². The Morgan fingerprint density at radius 1 is 0.460 bits per heavy atom. The van der Waals surface area contributed by atoms with Crippen LogP contribution in [0, 0.1) is 13.8 Å². The maximum Gasteiger partial charge on any atom is 0.164 e. The average Bonchev–Trinajstić information content (AvgIpc) is 3.14. The van der Waals surface area contributed by atoms with Crippen LogP contribution in [-0.4, -0.2) is 29.9 Å². The predicted molar refractivity (Wildman–Crippen MR) is 204 cm³/mol. The molecule has 2 N–H and O–H groups in total. The molecule has 242 valence electrons. The van der Waals surface area contributed by atoms with Gasteiger partial charge in [-0.2, -0.15) is 0 Å². The van der Waals surface area contributed by atoms with Crippen LogP contribution < -0.4 is 10.6 Å². The lowest BCUT2D eigenvalue weighted by Gasteiger charge is -2.17. The summed E-state index contributed by atoms with van der Waals surface area (Å²) >= 11 is 3.40. The number of aromatic nitrogens is 6. The zero-order valence-corrected chi connectivity index (χ0v) is 28.8. The Hall–Kier alpha value is -5.84. The molecule has 8 rings (SSSR count). The predicted octanol–water partition coefficient (Wildman–Crippen LogP) is 10.4. The lowest BCUT2D eigenvalue weighted by atomic mass is 10.0. The molecule has 10 heteroatoms. The molecule has 0 bridgehead atoms. The van der Waals surface area contributed by atoms with Crippen LogP contribution >= 0.6 is 23.5 Å². The molecule has 50 heavy (non-hydrogen) atoms. The first-order chi connectivity index (χ1) is 24.6.